The van der Waals surface area contributed by atoms with Gasteiger partial charge in [-0.15, -0.1) is 11.3 Å². The second-order valence-electron chi connectivity index (χ2n) is 6.93. The van der Waals surface area contributed by atoms with E-state index in [0.29, 0.717) is 27.2 Å². The molecule has 29 heavy (non-hydrogen) atoms. The Morgan fingerprint density at radius 2 is 2.03 bits per heavy atom. The zero-order valence-corrected chi connectivity index (χ0v) is 18.2. The van der Waals surface area contributed by atoms with E-state index in [0.717, 1.165) is 11.3 Å². The summed E-state index contributed by atoms with van der Waals surface area (Å²) in [5.41, 5.74) is 12.1. The Hall–Kier alpha value is -2.33. The lowest BCUT2D eigenvalue weighted by molar-refractivity contribution is 0.100. The second-order valence-corrected chi connectivity index (χ2v) is 8.71. The Bertz CT molecular complexity index is 1120. The smallest absolute Gasteiger partial charge is 0.260 e. The number of aliphatic hydroxyl groups is 1. The first-order valence-electron chi connectivity index (χ1n) is 8.40. The zero-order valence-electron chi connectivity index (χ0n) is 15.8. The highest BCUT2D eigenvalue weighted by Crippen LogP contribution is 2.42. The minimum absolute atomic E-state index is 0.149. The summed E-state index contributed by atoms with van der Waals surface area (Å²) >= 11 is 13.5. The first kappa shape index (κ1) is 21.4. The van der Waals surface area contributed by atoms with Gasteiger partial charge in [0.1, 0.15) is 20.5 Å². The molecule has 8 nitrogen and oxygen atoms in total. The zero-order chi connectivity index (χ0) is 21.5. The van der Waals surface area contributed by atoms with Crippen molar-refractivity contribution in [1.82, 2.24) is 9.97 Å². The van der Waals surface area contributed by atoms with E-state index < -0.39 is 11.4 Å². The van der Waals surface area contributed by atoms with Crippen molar-refractivity contribution in [2.45, 2.75) is 19.4 Å². The number of benzene rings is 1. The number of nitrogens with two attached hydrogens (primary N) is 2. The lowest BCUT2D eigenvalue weighted by Gasteiger charge is -2.23. The Kier molecular flexibility index (Phi) is 5.77. The Labute approximate surface area is 180 Å². The van der Waals surface area contributed by atoms with Gasteiger partial charge in [-0.3, -0.25) is 4.79 Å². The fourth-order valence-corrected chi connectivity index (χ4v) is 4.00. The molecule has 154 valence electrons. The lowest BCUT2D eigenvalue weighted by atomic mass is 10.1. The van der Waals surface area contributed by atoms with Crippen molar-refractivity contribution in [2.24, 2.45) is 5.73 Å². The maximum Gasteiger partial charge on any atom is 0.260 e. The number of nitrogen functional groups attached to an aromatic ring is 1. The third-order valence-electron chi connectivity index (χ3n) is 4.15. The minimum atomic E-state index is -0.685. The summed E-state index contributed by atoms with van der Waals surface area (Å²) in [7, 11) is 1.47. The molecule has 2 heterocycles. The van der Waals surface area contributed by atoms with Crippen LogP contribution in [0.4, 0.5) is 11.6 Å². The van der Waals surface area contributed by atoms with Crippen molar-refractivity contribution >= 4 is 62.3 Å². The van der Waals surface area contributed by atoms with Gasteiger partial charge < -0.3 is 26.6 Å². The second kappa shape index (κ2) is 7.83. The number of amides is 1. The Morgan fingerprint density at radius 1 is 1.34 bits per heavy atom. The number of anilines is 2. The van der Waals surface area contributed by atoms with E-state index >= 15 is 0 Å². The number of rotatable bonds is 6. The van der Waals surface area contributed by atoms with Crippen molar-refractivity contribution in [3.05, 3.63) is 27.1 Å². The number of carbonyl (C=O) groups is 1. The summed E-state index contributed by atoms with van der Waals surface area (Å²) < 4.78 is 5.29. The van der Waals surface area contributed by atoms with Crippen LogP contribution >= 0.6 is 34.5 Å². The first-order valence-corrected chi connectivity index (χ1v) is 9.97. The van der Waals surface area contributed by atoms with Gasteiger partial charge in [-0.1, -0.05) is 23.2 Å². The number of hydrogen-bond donors (Lipinski definition) is 4. The molecule has 0 aliphatic heterocycles. The highest BCUT2D eigenvalue weighted by atomic mass is 35.5. The summed E-state index contributed by atoms with van der Waals surface area (Å²) in [6.45, 7) is 3.43. The Balaban J connectivity index is 2.34. The van der Waals surface area contributed by atoms with Crippen molar-refractivity contribution in [3.63, 3.8) is 0 Å². The molecule has 0 radical (unpaired) electrons. The van der Waals surface area contributed by atoms with Gasteiger partial charge >= 0.3 is 0 Å². The normalized spacial score (nSPS) is 11.7. The number of aliphatic hydroxyl groups excluding tert-OH is 1. The van der Waals surface area contributed by atoms with Gasteiger partial charge in [-0.25, -0.2) is 9.97 Å². The van der Waals surface area contributed by atoms with Crippen LogP contribution in [0.2, 0.25) is 10.0 Å². The molecule has 3 aromatic rings. The summed E-state index contributed by atoms with van der Waals surface area (Å²) in [5.74, 6) is -0.0581. The summed E-state index contributed by atoms with van der Waals surface area (Å²) in [5, 5.41) is 13.6. The average Bonchev–Trinajstić information content (AvgIpc) is 2.99. The van der Waals surface area contributed by atoms with Gasteiger partial charge in [0.15, 0.2) is 0 Å². The predicted molar refractivity (Wildman–Crippen MR) is 117 cm³/mol. The highest BCUT2D eigenvalue weighted by molar-refractivity contribution is 7.21. The van der Waals surface area contributed by atoms with E-state index in [9.17, 15) is 9.90 Å². The maximum atomic E-state index is 11.8. The largest absolute Gasteiger partial charge is 0.495 e. The molecular formula is C18H19Cl2N5O3S. The van der Waals surface area contributed by atoms with E-state index in [1.807, 2.05) is 0 Å². The van der Waals surface area contributed by atoms with Gasteiger partial charge in [-0.05, 0) is 26.0 Å². The molecule has 3 rings (SSSR count). The molecule has 2 aromatic heterocycles. The molecule has 1 amide bonds. The van der Waals surface area contributed by atoms with Crippen LogP contribution in [0.1, 0.15) is 23.5 Å². The molecule has 0 aliphatic carbocycles. The number of methoxy groups -OCH3 is 1. The maximum absolute atomic E-state index is 11.8. The lowest BCUT2D eigenvalue weighted by Crippen LogP contribution is -2.35. The quantitative estimate of drug-likeness (QED) is 0.445. The highest BCUT2D eigenvalue weighted by Gasteiger charge is 2.24. The molecule has 0 spiro atoms. The standard InChI is InChI=1S/C18H19Cl2N5O3S/c1-18(2,6-26)25-17-23-13(7-4-8(19)11(20)9(5-7)28-3)10-12(21)14(15(22)27)29-16(10)24-17/h4-5,26H,6,21H2,1-3H3,(H2,22,27)(H,23,24,25). The van der Waals surface area contributed by atoms with E-state index in [1.54, 1.807) is 26.0 Å². The molecule has 0 saturated carbocycles. The number of hydrogen-bond acceptors (Lipinski definition) is 8. The van der Waals surface area contributed by atoms with Crippen LogP contribution in [-0.2, 0) is 0 Å². The molecule has 0 atom stereocenters. The van der Waals surface area contributed by atoms with E-state index in [4.69, 9.17) is 39.4 Å². The van der Waals surface area contributed by atoms with Gasteiger partial charge in [0.05, 0.1) is 41.0 Å². The molecule has 0 aliphatic rings. The van der Waals surface area contributed by atoms with E-state index in [-0.39, 0.29) is 33.2 Å². The van der Waals surface area contributed by atoms with Crippen LogP contribution in [0, 0.1) is 0 Å². The van der Waals surface area contributed by atoms with Crippen LogP contribution in [-0.4, -0.2) is 40.2 Å². The average molecular weight is 456 g/mol. The van der Waals surface area contributed by atoms with E-state index in [2.05, 4.69) is 15.3 Å². The fraction of sp³-hybridized carbons (Fsp3) is 0.278. The van der Waals surface area contributed by atoms with Crippen LogP contribution in [0.25, 0.3) is 21.5 Å². The molecule has 0 bridgehead atoms. The number of ether oxygens (including phenoxy) is 1. The molecule has 1 aromatic carbocycles. The molecule has 6 N–H and O–H groups in total. The predicted octanol–water partition coefficient (Wildman–Crippen LogP) is 3.54. The molecular weight excluding hydrogens is 437 g/mol. The van der Waals surface area contributed by atoms with Crippen LogP contribution in [0.3, 0.4) is 0 Å². The number of carbonyl (C=O) groups excluding carboxylic acids is 1. The van der Waals surface area contributed by atoms with Crippen molar-refractivity contribution in [3.8, 4) is 17.0 Å². The summed E-state index contributed by atoms with van der Waals surface area (Å²) in [6, 6.07) is 3.29. The fourth-order valence-electron chi connectivity index (χ4n) is 2.66. The number of thiophene rings is 1. The SMILES string of the molecule is COc1cc(-c2nc(NC(C)(C)CO)nc3sc(C(N)=O)c(N)c23)cc(Cl)c1Cl. The number of halogens is 2. The van der Waals surface area contributed by atoms with Crippen LogP contribution in [0.5, 0.6) is 5.75 Å². The minimum Gasteiger partial charge on any atom is -0.495 e. The van der Waals surface area contributed by atoms with Crippen molar-refractivity contribution in [1.29, 1.82) is 0 Å². The van der Waals surface area contributed by atoms with Crippen molar-refractivity contribution in [2.75, 3.05) is 24.8 Å². The number of nitrogens with one attached hydrogen (secondary N) is 1. The molecule has 0 unspecified atom stereocenters. The van der Waals surface area contributed by atoms with Gasteiger partial charge in [0.25, 0.3) is 5.91 Å². The van der Waals surface area contributed by atoms with Crippen molar-refractivity contribution < 1.29 is 14.6 Å². The first-order chi connectivity index (χ1) is 13.6. The number of nitrogens with zero attached hydrogens (tertiary/aromatic N) is 2. The summed E-state index contributed by atoms with van der Waals surface area (Å²) in [6.07, 6.45) is 0. The number of primary amides is 1. The van der Waals surface area contributed by atoms with E-state index in [1.165, 1.54) is 7.11 Å². The number of fused-ring (bicyclic) bond motifs is 1. The molecule has 0 saturated heterocycles. The van der Waals surface area contributed by atoms with Crippen LogP contribution < -0.4 is 21.5 Å². The third kappa shape index (κ3) is 4.04. The monoisotopic (exact) mass is 455 g/mol. The topological polar surface area (TPSA) is 136 Å². The van der Waals surface area contributed by atoms with Gasteiger partial charge in [0.2, 0.25) is 5.95 Å². The molecule has 0 fully saturated rings. The van der Waals surface area contributed by atoms with Gasteiger partial charge in [-0.2, -0.15) is 0 Å². The van der Waals surface area contributed by atoms with Gasteiger partial charge in [0, 0.05) is 5.56 Å². The van der Waals surface area contributed by atoms with Crippen LogP contribution in [0.15, 0.2) is 12.1 Å². The third-order valence-corrected chi connectivity index (χ3v) is 6.04. The summed E-state index contributed by atoms with van der Waals surface area (Å²) in [4.78, 5) is 21.5. The number of aromatic nitrogens is 2. The Morgan fingerprint density at radius 3 is 2.62 bits per heavy atom. The molecule has 11 heteroatoms.